The van der Waals surface area contributed by atoms with Gasteiger partial charge in [-0.05, 0) is 60.8 Å². The second kappa shape index (κ2) is 6.44. The highest BCUT2D eigenvalue weighted by molar-refractivity contribution is 8.72. The molecular formula is C13H19N2OPS4. The monoisotopic (exact) mass is 378 g/mol. The van der Waals surface area contributed by atoms with Gasteiger partial charge >= 0.3 is 0 Å². The molecule has 2 heterocycles. The zero-order valence-corrected chi connectivity index (χ0v) is 16.3. The molecule has 21 heavy (non-hydrogen) atoms. The summed E-state index contributed by atoms with van der Waals surface area (Å²) >= 11 is 11.2. The normalized spacial score (nSPS) is 24.5. The minimum Gasteiger partial charge on any atom is -0.300 e. The second-order valence-electron chi connectivity index (χ2n) is 4.96. The van der Waals surface area contributed by atoms with Crippen LogP contribution in [0.5, 0.6) is 0 Å². The molecule has 0 bridgehead atoms. The van der Waals surface area contributed by atoms with Crippen LogP contribution >= 0.6 is 40.2 Å². The van der Waals surface area contributed by atoms with E-state index in [1.807, 2.05) is 11.3 Å². The molecule has 1 aliphatic heterocycles. The van der Waals surface area contributed by atoms with Gasteiger partial charge in [0.1, 0.15) is 5.00 Å². The molecule has 1 aromatic heterocycles. The Balaban J connectivity index is 2.11. The summed E-state index contributed by atoms with van der Waals surface area (Å²) in [6.45, 7) is 4.25. The van der Waals surface area contributed by atoms with E-state index < -0.39 is 5.54 Å². The lowest BCUT2D eigenvalue weighted by Crippen LogP contribution is -2.33. The zero-order valence-electron chi connectivity index (χ0n) is 12.2. The smallest absolute Gasteiger partial charge is 0.260 e. The van der Waals surface area contributed by atoms with Gasteiger partial charge in [0, 0.05) is 10.6 Å². The molecule has 8 heteroatoms. The van der Waals surface area contributed by atoms with Crippen molar-refractivity contribution in [1.82, 2.24) is 5.09 Å². The summed E-state index contributed by atoms with van der Waals surface area (Å²) in [5, 5.41) is 4.31. The number of aryl methyl sites for hydroxylation is 1. The van der Waals surface area contributed by atoms with E-state index in [1.54, 1.807) is 23.3 Å². The third-order valence-electron chi connectivity index (χ3n) is 3.59. The topological polar surface area (TPSA) is 32.3 Å². The lowest BCUT2D eigenvalue weighted by molar-refractivity contribution is 0.0981. The molecule has 3 rings (SSSR count). The molecular weight excluding hydrogens is 359 g/mol. The van der Waals surface area contributed by atoms with Gasteiger partial charge in [0.25, 0.3) is 5.91 Å². The average molecular weight is 379 g/mol. The molecule has 3 nitrogen and oxygen atoms in total. The molecule has 0 aromatic carbocycles. The third kappa shape index (κ3) is 2.80. The molecule has 0 spiro atoms. The van der Waals surface area contributed by atoms with Crippen LogP contribution in [0.1, 0.15) is 47.5 Å². The summed E-state index contributed by atoms with van der Waals surface area (Å²) in [7, 11) is 0. The van der Waals surface area contributed by atoms with Crippen LogP contribution in [0.4, 0.5) is 5.00 Å². The van der Waals surface area contributed by atoms with Crippen LogP contribution in [0, 0.1) is 0 Å². The first-order chi connectivity index (χ1) is 10.1. The molecule has 0 radical (unpaired) electrons. The number of nitrogens with one attached hydrogen (secondary N) is 1. The number of rotatable bonds is 4. The fourth-order valence-electron chi connectivity index (χ4n) is 2.79. The summed E-state index contributed by atoms with van der Waals surface area (Å²) in [5.41, 5.74) is 0.140. The Morgan fingerprint density at radius 3 is 2.81 bits per heavy atom. The van der Waals surface area contributed by atoms with Crippen molar-refractivity contribution in [3.05, 3.63) is 16.0 Å². The number of amides is 1. The average Bonchev–Trinajstić information content (AvgIpc) is 2.83. The van der Waals surface area contributed by atoms with Crippen LogP contribution in [0.15, 0.2) is 0 Å². The number of carbonyl (C=O) groups excluding carboxylic acids is 1. The lowest BCUT2D eigenvalue weighted by Gasteiger charge is -2.38. The highest BCUT2D eigenvalue weighted by Crippen LogP contribution is 2.67. The van der Waals surface area contributed by atoms with E-state index in [0.717, 1.165) is 34.9 Å². The molecule has 1 aliphatic carbocycles. The van der Waals surface area contributed by atoms with Crippen molar-refractivity contribution in [1.29, 1.82) is 0 Å². The van der Waals surface area contributed by atoms with E-state index in [-0.39, 0.29) is 5.91 Å². The van der Waals surface area contributed by atoms with E-state index in [0.29, 0.717) is 0 Å². The largest absolute Gasteiger partial charge is 0.300 e. The van der Waals surface area contributed by atoms with Gasteiger partial charge in [0.15, 0.2) is 5.54 Å². The summed E-state index contributed by atoms with van der Waals surface area (Å²) in [6.07, 6.45) is 4.60. The van der Waals surface area contributed by atoms with E-state index in [2.05, 4.69) is 23.0 Å². The molecule has 1 aromatic rings. The summed E-state index contributed by atoms with van der Waals surface area (Å²) in [6, 6.07) is 0. The summed E-state index contributed by atoms with van der Waals surface area (Å²) in [4.78, 5) is 14.1. The highest BCUT2D eigenvalue weighted by atomic mass is 32.9. The number of thiophene rings is 1. The van der Waals surface area contributed by atoms with Gasteiger partial charge in [0.05, 0.1) is 5.56 Å². The van der Waals surface area contributed by atoms with Gasteiger partial charge in [0.2, 0.25) is 0 Å². The van der Waals surface area contributed by atoms with Crippen molar-refractivity contribution in [2.24, 2.45) is 0 Å². The van der Waals surface area contributed by atoms with E-state index >= 15 is 0 Å². The van der Waals surface area contributed by atoms with Gasteiger partial charge in [-0.15, -0.1) is 11.3 Å². The molecule has 0 unspecified atom stereocenters. The number of hydrogen-bond acceptors (Lipinski definition) is 5. The van der Waals surface area contributed by atoms with E-state index in [1.165, 1.54) is 23.3 Å². The fourth-order valence-corrected chi connectivity index (χ4v) is 12.7. The van der Waals surface area contributed by atoms with Crippen LogP contribution < -0.4 is 9.16 Å². The number of anilines is 1. The minimum atomic E-state index is -2.08. The number of fused-ring (bicyclic) bond motifs is 3. The predicted octanol–water partition coefficient (Wildman–Crippen LogP) is 4.82. The lowest BCUT2D eigenvalue weighted by atomic mass is 9.95. The molecule has 1 atom stereocenters. The van der Waals surface area contributed by atoms with E-state index in [9.17, 15) is 4.79 Å². The quantitative estimate of drug-likeness (QED) is 0.600. The van der Waals surface area contributed by atoms with Crippen LogP contribution in [0.2, 0.25) is 0 Å². The Morgan fingerprint density at radius 1 is 1.33 bits per heavy atom. The summed E-state index contributed by atoms with van der Waals surface area (Å²) < 4.78 is 2.27. The van der Waals surface area contributed by atoms with Crippen molar-refractivity contribution in [3.8, 4) is 0 Å². The first-order valence-electron chi connectivity index (χ1n) is 7.26. The first-order valence-corrected chi connectivity index (χ1v) is 13.4. The summed E-state index contributed by atoms with van der Waals surface area (Å²) in [5.74, 6) is 1.97. The van der Waals surface area contributed by atoms with E-state index in [4.69, 9.17) is 11.8 Å². The minimum absolute atomic E-state index is 0.0710. The molecule has 2 aliphatic rings. The predicted molar refractivity (Wildman–Crippen MR) is 101 cm³/mol. The van der Waals surface area contributed by atoms with Crippen molar-refractivity contribution in [2.45, 2.75) is 39.5 Å². The van der Waals surface area contributed by atoms with Crippen molar-refractivity contribution in [3.63, 3.8) is 0 Å². The maximum atomic E-state index is 12.7. The SMILES string of the molecule is CCSN1c2sc3c(c2C(=O)N[P@@]1(=S)SCC)CCCC3. The van der Waals surface area contributed by atoms with Gasteiger partial charge < -0.3 is 0 Å². The second-order valence-corrected chi connectivity index (χ2v) is 14.7. The Hall–Kier alpha value is 0.320. The Morgan fingerprint density at radius 2 is 2.10 bits per heavy atom. The van der Waals surface area contributed by atoms with Gasteiger partial charge in [-0.1, -0.05) is 25.2 Å². The molecule has 1 amide bonds. The number of carbonyl (C=O) groups is 1. The first kappa shape index (κ1) is 16.2. The fraction of sp³-hybridized carbons (Fsp3) is 0.615. The Bertz CT molecular complexity index is 616. The number of hydrogen-bond donors (Lipinski definition) is 1. The van der Waals surface area contributed by atoms with Crippen molar-refractivity contribution in [2.75, 3.05) is 15.6 Å². The van der Waals surface area contributed by atoms with Gasteiger partial charge in [-0.2, -0.15) is 0 Å². The maximum absolute atomic E-state index is 12.7. The van der Waals surface area contributed by atoms with Crippen LogP contribution in [0.25, 0.3) is 0 Å². The Labute approximate surface area is 143 Å². The van der Waals surface area contributed by atoms with Crippen LogP contribution in [0.3, 0.4) is 0 Å². The molecule has 0 saturated carbocycles. The zero-order chi connectivity index (χ0) is 15.0. The molecule has 0 fully saturated rings. The van der Waals surface area contributed by atoms with Crippen molar-refractivity contribution >= 4 is 62.9 Å². The highest BCUT2D eigenvalue weighted by Gasteiger charge is 2.41. The maximum Gasteiger partial charge on any atom is 0.260 e. The number of nitrogens with zero attached hydrogens (tertiary/aromatic N) is 1. The molecule has 116 valence electrons. The van der Waals surface area contributed by atoms with Gasteiger partial charge in [-0.3, -0.25) is 14.0 Å². The van der Waals surface area contributed by atoms with Crippen LogP contribution in [-0.2, 0) is 24.6 Å². The standard InChI is InChI=1S/C13H19N2OPS4/c1-3-19-15-13-11(9-7-5-6-8-10(9)21-13)12(16)14-17(15,18)20-4-2/h3-8H2,1-2H3,(H,14,16,18)/t17-/m1/s1. The Kier molecular flexibility index (Phi) is 4.96. The van der Waals surface area contributed by atoms with Crippen molar-refractivity contribution < 1.29 is 4.79 Å². The molecule has 1 N–H and O–H groups in total. The molecule has 0 saturated heterocycles. The van der Waals surface area contributed by atoms with Crippen LogP contribution in [-0.4, -0.2) is 17.4 Å². The van der Waals surface area contributed by atoms with Gasteiger partial charge in [-0.25, -0.2) is 0 Å². The third-order valence-corrected chi connectivity index (χ3v) is 13.6.